The Hall–Kier alpha value is -2.20. The van der Waals surface area contributed by atoms with Crippen molar-refractivity contribution in [1.82, 2.24) is 9.97 Å². The third-order valence-electron chi connectivity index (χ3n) is 3.81. The lowest BCUT2D eigenvalue weighted by atomic mass is 9.99. The van der Waals surface area contributed by atoms with Crippen molar-refractivity contribution >= 4 is 17.1 Å². The smallest absolute Gasteiger partial charge is 0.122 e. The minimum Gasteiger partial charge on any atom is -0.493 e. The molecule has 4 heteroatoms. The predicted molar refractivity (Wildman–Crippen MR) is 97.0 cm³/mol. The third kappa shape index (κ3) is 4.63. The number of H-pyrrole nitrogens is 1. The van der Waals surface area contributed by atoms with Crippen LogP contribution in [0.3, 0.4) is 0 Å². The molecule has 23 heavy (non-hydrogen) atoms. The number of aryl methyl sites for hydroxylation is 1. The van der Waals surface area contributed by atoms with Gasteiger partial charge in [0.1, 0.15) is 5.75 Å². The van der Waals surface area contributed by atoms with Crippen LogP contribution in [0.1, 0.15) is 24.1 Å². The molecule has 1 N–H and O–H groups in total. The number of hydrogen-bond donors (Lipinski definition) is 1. The van der Waals surface area contributed by atoms with Gasteiger partial charge in [-0.25, -0.2) is 4.98 Å². The second-order valence-corrected chi connectivity index (χ2v) is 6.10. The van der Waals surface area contributed by atoms with Gasteiger partial charge in [-0.15, -0.1) is 0 Å². The van der Waals surface area contributed by atoms with E-state index in [1.54, 1.807) is 6.33 Å². The first-order chi connectivity index (χ1) is 11.3. The zero-order chi connectivity index (χ0) is 15.9. The Balaban J connectivity index is 1.55. The summed E-state index contributed by atoms with van der Waals surface area (Å²) in [4.78, 5) is 8.19. The molecule has 0 bridgehead atoms. The SMILES string of the molecule is S=C1C=CC(Cc2ccccc2OCCCc2c[nH]cn2)=CC1. The summed E-state index contributed by atoms with van der Waals surface area (Å²) in [6.07, 6.45) is 13.6. The number of para-hydroxylation sites is 1. The molecule has 1 aromatic heterocycles. The van der Waals surface area contributed by atoms with E-state index in [9.17, 15) is 0 Å². The number of aromatic nitrogens is 2. The summed E-state index contributed by atoms with van der Waals surface area (Å²) in [5.41, 5.74) is 3.59. The first-order valence-electron chi connectivity index (χ1n) is 7.89. The first kappa shape index (κ1) is 15.7. The highest BCUT2D eigenvalue weighted by Gasteiger charge is 2.07. The van der Waals surface area contributed by atoms with Crippen LogP contribution in [0.2, 0.25) is 0 Å². The van der Waals surface area contributed by atoms with E-state index in [0.717, 1.165) is 42.0 Å². The van der Waals surface area contributed by atoms with Crippen molar-refractivity contribution in [3.63, 3.8) is 0 Å². The average molecular weight is 324 g/mol. The van der Waals surface area contributed by atoms with E-state index in [0.29, 0.717) is 6.61 Å². The van der Waals surface area contributed by atoms with Crippen molar-refractivity contribution in [2.45, 2.75) is 25.7 Å². The molecule has 0 unspecified atom stereocenters. The van der Waals surface area contributed by atoms with Crippen LogP contribution in [0.25, 0.3) is 0 Å². The number of thiocarbonyl (C=S) groups is 1. The van der Waals surface area contributed by atoms with E-state index in [2.05, 4.69) is 34.3 Å². The number of nitrogens with zero attached hydrogens (tertiary/aromatic N) is 1. The van der Waals surface area contributed by atoms with Crippen LogP contribution in [0, 0.1) is 0 Å². The van der Waals surface area contributed by atoms with Crippen LogP contribution in [0.4, 0.5) is 0 Å². The second-order valence-electron chi connectivity index (χ2n) is 5.58. The van der Waals surface area contributed by atoms with E-state index >= 15 is 0 Å². The van der Waals surface area contributed by atoms with Gasteiger partial charge in [0.05, 0.1) is 18.6 Å². The molecule has 0 atom stereocenters. The summed E-state index contributed by atoms with van der Waals surface area (Å²) in [6.45, 7) is 0.697. The molecule has 0 aliphatic heterocycles. The maximum Gasteiger partial charge on any atom is 0.122 e. The van der Waals surface area contributed by atoms with Gasteiger partial charge in [0.2, 0.25) is 0 Å². The molecule has 3 rings (SSSR count). The topological polar surface area (TPSA) is 37.9 Å². The summed E-state index contributed by atoms with van der Waals surface area (Å²) < 4.78 is 5.98. The number of aromatic amines is 1. The Bertz CT molecular complexity index is 717. The second kappa shape index (κ2) is 7.88. The summed E-state index contributed by atoms with van der Waals surface area (Å²) in [7, 11) is 0. The highest BCUT2D eigenvalue weighted by molar-refractivity contribution is 7.80. The Morgan fingerprint density at radius 1 is 1.22 bits per heavy atom. The van der Waals surface area contributed by atoms with Crippen LogP contribution >= 0.6 is 12.2 Å². The molecule has 0 amide bonds. The van der Waals surface area contributed by atoms with E-state index in [1.165, 1.54) is 11.1 Å². The molecule has 1 heterocycles. The van der Waals surface area contributed by atoms with Gasteiger partial charge in [0.25, 0.3) is 0 Å². The fourth-order valence-electron chi connectivity index (χ4n) is 2.57. The number of imidazole rings is 1. The van der Waals surface area contributed by atoms with Gasteiger partial charge >= 0.3 is 0 Å². The van der Waals surface area contributed by atoms with E-state index in [4.69, 9.17) is 17.0 Å². The molecule has 118 valence electrons. The lowest BCUT2D eigenvalue weighted by Crippen LogP contribution is -2.03. The largest absolute Gasteiger partial charge is 0.493 e. The van der Waals surface area contributed by atoms with Gasteiger partial charge in [-0.1, -0.05) is 42.6 Å². The van der Waals surface area contributed by atoms with Crippen LogP contribution in [-0.4, -0.2) is 21.4 Å². The van der Waals surface area contributed by atoms with Crippen LogP contribution < -0.4 is 4.74 Å². The number of benzene rings is 1. The zero-order valence-electron chi connectivity index (χ0n) is 13.0. The Labute approximate surface area is 142 Å². The molecule has 0 fully saturated rings. The van der Waals surface area contributed by atoms with Gasteiger partial charge < -0.3 is 9.72 Å². The fourth-order valence-corrected chi connectivity index (χ4v) is 2.72. The van der Waals surface area contributed by atoms with Crippen LogP contribution in [-0.2, 0) is 12.8 Å². The van der Waals surface area contributed by atoms with E-state index < -0.39 is 0 Å². The quantitative estimate of drug-likeness (QED) is 0.612. The monoisotopic (exact) mass is 324 g/mol. The summed E-state index contributed by atoms with van der Waals surface area (Å²) in [5.74, 6) is 0.969. The normalized spacial score (nSPS) is 13.9. The van der Waals surface area contributed by atoms with Gasteiger partial charge in [0, 0.05) is 23.9 Å². The Morgan fingerprint density at radius 2 is 2.13 bits per heavy atom. The minimum absolute atomic E-state index is 0.697. The highest BCUT2D eigenvalue weighted by atomic mass is 32.1. The van der Waals surface area contributed by atoms with Gasteiger partial charge in [-0.05, 0) is 36.1 Å². The molecule has 1 aromatic carbocycles. The number of ether oxygens (including phenoxy) is 1. The molecule has 0 spiro atoms. The van der Waals surface area contributed by atoms with E-state index in [-0.39, 0.29) is 0 Å². The van der Waals surface area contributed by atoms with Crippen molar-refractivity contribution in [2.75, 3.05) is 6.61 Å². The minimum atomic E-state index is 0.697. The molecule has 1 aliphatic rings. The molecule has 0 radical (unpaired) electrons. The number of hydrogen-bond acceptors (Lipinski definition) is 3. The maximum atomic E-state index is 5.98. The number of allylic oxidation sites excluding steroid dienone is 4. The standard InChI is InChI=1S/C19H20N2OS/c23-18-9-7-15(8-10-18)12-16-4-1-2-6-19(16)22-11-3-5-17-13-20-14-21-17/h1-2,4,6-9,13-14H,3,5,10-12H2,(H,20,21). The zero-order valence-corrected chi connectivity index (χ0v) is 13.8. The Kier molecular flexibility index (Phi) is 5.37. The average Bonchev–Trinajstić information content (AvgIpc) is 3.08. The Morgan fingerprint density at radius 3 is 2.91 bits per heavy atom. The van der Waals surface area contributed by atoms with Crippen LogP contribution in [0.5, 0.6) is 5.75 Å². The lowest BCUT2D eigenvalue weighted by molar-refractivity contribution is 0.308. The van der Waals surface area contributed by atoms with Crippen molar-refractivity contribution in [3.8, 4) is 5.75 Å². The van der Waals surface area contributed by atoms with Gasteiger partial charge in [-0.2, -0.15) is 0 Å². The predicted octanol–water partition coefficient (Wildman–Crippen LogP) is 4.22. The molecular weight excluding hydrogens is 304 g/mol. The maximum absolute atomic E-state index is 5.98. The summed E-state index contributed by atoms with van der Waals surface area (Å²) in [6, 6.07) is 8.25. The van der Waals surface area contributed by atoms with Crippen molar-refractivity contribution in [1.29, 1.82) is 0 Å². The van der Waals surface area contributed by atoms with Crippen molar-refractivity contribution in [2.24, 2.45) is 0 Å². The van der Waals surface area contributed by atoms with E-state index in [1.807, 2.05) is 24.4 Å². The molecule has 3 nitrogen and oxygen atoms in total. The summed E-state index contributed by atoms with van der Waals surface area (Å²) >= 11 is 5.19. The number of nitrogens with one attached hydrogen (secondary N) is 1. The van der Waals surface area contributed by atoms with Crippen molar-refractivity contribution < 1.29 is 4.74 Å². The molecular formula is C19H20N2OS. The van der Waals surface area contributed by atoms with Crippen molar-refractivity contribution in [3.05, 3.63) is 71.8 Å². The summed E-state index contributed by atoms with van der Waals surface area (Å²) in [5, 5.41) is 0. The van der Waals surface area contributed by atoms with Gasteiger partial charge in [-0.3, -0.25) is 0 Å². The molecule has 2 aromatic rings. The van der Waals surface area contributed by atoms with Gasteiger partial charge in [0.15, 0.2) is 0 Å². The molecule has 0 saturated heterocycles. The molecule has 1 aliphatic carbocycles. The molecule has 0 saturated carbocycles. The number of rotatable bonds is 7. The van der Waals surface area contributed by atoms with Crippen LogP contribution in [0.15, 0.2) is 60.6 Å². The highest BCUT2D eigenvalue weighted by Crippen LogP contribution is 2.23. The fraction of sp³-hybridized carbons (Fsp3) is 0.263. The lowest BCUT2D eigenvalue weighted by Gasteiger charge is -2.13. The first-order valence-corrected chi connectivity index (χ1v) is 8.30. The third-order valence-corrected chi connectivity index (χ3v) is 4.11.